The number of ether oxygens (including phenoxy) is 3. The van der Waals surface area contributed by atoms with Crippen molar-refractivity contribution in [1.29, 1.82) is 0 Å². The summed E-state index contributed by atoms with van der Waals surface area (Å²) in [5, 5.41) is 4.26. The fourth-order valence-electron chi connectivity index (χ4n) is 3.24. The van der Waals surface area contributed by atoms with Gasteiger partial charge in [-0.2, -0.15) is 0 Å². The number of benzene rings is 1. The van der Waals surface area contributed by atoms with Gasteiger partial charge < -0.3 is 24.4 Å². The molecule has 0 spiro atoms. The zero-order valence-electron chi connectivity index (χ0n) is 14.9. The van der Waals surface area contributed by atoms with Gasteiger partial charge in [-0.05, 0) is 25.0 Å². The van der Waals surface area contributed by atoms with E-state index in [9.17, 15) is 0 Å². The van der Waals surface area contributed by atoms with Gasteiger partial charge in [-0.15, -0.1) is 0 Å². The average Bonchev–Trinajstić information content (AvgIpc) is 3.20. The van der Waals surface area contributed by atoms with E-state index < -0.39 is 0 Å². The first-order valence-corrected chi connectivity index (χ1v) is 9.70. The second-order valence-electron chi connectivity index (χ2n) is 6.28. The fourth-order valence-corrected chi connectivity index (χ4v) is 3.59. The van der Waals surface area contributed by atoms with E-state index >= 15 is 0 Å². The number of rotatable bonds is 5. The predicted octanol–water partition coefficient (Wildman–Crippen LogP) is 2.83. The third-order valence-corrected chi connectivity index (χ3v) is 5.34. The summed E-state index contributed by atoms with van der Waals surface area (Å²) in [5.41, 5.74) is 0. The SMILES string of the molecule is CN=C(NCCOc1cccc(Cl)c1Cl)N1CCOC(C2CCCO2)C1. The fraction of sp³-hybridized carbons (Fsp3) is 0.611. The first kappa shape index (κ1) is 19.5. The van der Waals surface area contributed by atoms with E-state index in [1.807, 2.05) is 6.07 Å². The number of aliphatic imine (C=N–C) groups is 1. The lowest BCUT2D eigenvalue weighted by Crippen LogP contribution is -2.53. The normalized spacial score (nSPS) is 24.0. The van der Waals surface area contributed by atoms with Gasteiger partial charge in [-0.1, -0.05) is 29.3 Å². The maximum atomic E-state index is 6.13. The first-order valence-electron chi connectivity index (χ1n) is 8.94. The van der Waals surface area contributed by atoms with Crippen molar-refractivity contribution in [3.63, 3.8) is 0 Å². The second-order valence-corrected chi connectivity index (χ2v) is 7.07. The van der Waals surface area contributed by atoms with Crippen LogP contribution < -0.4 is 10.1 Å². The van der Waals surface area contributed by atoms with E-state index in [2.05, 4.69) is 15.2 Å². The molecule has 1 aromatic rings. The topological polar surface area (TPSA) is 55.3 Å². The largest absolute Gasteiger partial charge is 0.490 e. The van der Waals surface area contributed by atoms with Crippen LogP contribution in [0.2, 0.25) is 10.0 Å². The molecule has 8 heteroatoms. The number of nitrogens with zero attached hydrogens (tertiary/aromatic N) is 2. The Morgan fingerprint density at radius 1 is 1.31 bits per heavy atom. The lowest BCUT2D eigenvalue weighted by Gasteiger charge is -2.37. The molecule has 2 aliphatic rings. The molecule has 26 heavy (non-hydrogen) atoms. The van der Waals surface area contributed by atoms with Gasteiger partial charge in [0.2, 0.25) is 0 Å². The minimum absolute atomic E-state index is 0.103. The molecule has 2 saturated heterocycles. The highest BCUT2D eigenvalue weighted by Crippen LogP contribution is 2.31. The highest BCUT2D eigenvalue weighted by molar-refractivity contribution is 6.42. The zero-order valence-corrected chi connectivity index (χ0v) is 16.4. The van der Waals surface area contributed by atoms with Crippen LogP contribution >= 0.6 is 23.2 Å². The second kappa shape index (κ2) is 9.65. The summed E-state index contributed by atoms with van der Waals surface area (Å²) in [6.45, 7) is 4.17. The summed E-state index contributed by atoms with van der Waals surface area (Å²) in [6, 6.07) is 5.35. The van der Waals surface area contributed by atoms with E-state index in [1.165, 1.54) is 0 Å². The number of hydrogen-bond donors (Lipinski definition) is 1. The van der Waals surface area contributed by atoms with Crippen molar-refractivity contribution < 1.29 is 14.2 Å². The average molecular weight is 402 g/mol. The molecule has 1 aromatic carbocycles. The van der Waals surface area contributed by atoms with Gasteiger partial charge >= 0.3 is 0 Å². The Bertz CT molecular complexity index is 624. The molecule has 2 heterocycles. The molecule has 0 radical (unpaired) electrons. The molecule has 0 bridgehead atoms. The summed E-state index contributed by atoms with van der Waals surface area (Å²) in [7, 11) is 1.79. The Morgan fingerprint density at radius 3 is 2.92 bits per heavy atom. The van der Waals surface area contributed by atoms with E-state index in [-0.39, 0.29) is 12.2 Å². The Balaban J connectivity index is 1.46. The van der Waals surface area contributed by atoms with Crippen LogP contribution in [0.1, 0.15) is 12.8 Å². The molecule has 6 nitrogen and oxygen atoms in total. The molecule has 144 valence electrons. The lowest BCUT2D eigenvalue weighted by molar-refractivity contribution is -0.0817. The van der Waals surface area contributed by atoms with E-state index in [0.717, 1.165) is 38.5 Å². The summed E-state index contributed by atoms with van der Waals surface area (Å²) >= 11 is 12.1. The molecule has 2 aliphatic heterocycles. The molecule has 1 N–H and O–H groups in total. The number of hydrogen-bond acceptors (Lipinski definition) is 4. The molecule has 2 unspecified atom stereocenters. The van der Waals surface area contributed by atoms with E-state index in [1.54, 1.807) is 19.2 Å². The predicted molar refractivity (Wildman–Crippen MR) is 104 cm³/mol. The highest BCUT2D eigenvalue weighted by Gasteiger charge is 2.32. The van der Waals surface area contributed by atoms with Crippen LogP contribution in [-0.4, -0.2) is 69.6 Å². The number of guanidine groups is 1. The maximum absolute atomic E-state index is 6.13. The van der Waals surface area contributed by atoms with Crippen LogP contribution in [-0.2, 0) is 9.47 Å². The van der Waals surface area contributed by atoms with Gasteiger partial charge in [0.1, 0.15) is 23.5 Å². The minimum atomic E-state index is 0.103. The molecule has 2 fully saturated rings. The Kier molecular flexibility index (Phi) is 7.25. The standard InChI is InChI=1S/C18H25Cl2N3O3/c1-21-18(22-7-10-25-15-5-2-4-13(19)17(15)20)23-8-11-26-16(12-23)14-6-3-9-24-14/h2,4-5,14,16H,3,6-12H2,1H3,(H,21,22). The maximum Gasteiger partial charge on any atom is 0.193 e. The van der Waals surface area contributed by atoms with E-state index in [4.69, 9.17) is 37.4 Å². The number of halogens is 2. The molecular weight excluding hydrogens is 377 g/mol. The van der Waals surface area contributed by atoms with Gasteiger partial charge in [-0.25, -0.2) is 0 Å². The monoisotopic (exact) mass is 401 g/mol. The van der Waals surface area contributed by atoms with Crippen molar-refractivity contribution in [3.8, 4) is 5.75 Å². The van der Waals surface area contributed by atoms with Crippen LogP contribution in [0.5, 0.6) is 5.75 Å². The summed E-state index contributed by atoms with van der Waals surface area (Å²) in [6.07, 6.45) is 2.48. The Morgan fingerprint density at radius 2 is 2.15 bits per heavy atom. The summed E-state index contributed by atoms with van der Waals surface area (Å²) < 4.78 is 17.4. The van der Waals surface area contributed by atoms with Crippen molar-refractivity contribution in [2.45, 2.75) is 25.0 Å². The molecule has 0 saturated carbocycles. The summed E-state index contributed by atoms with van der Waals surface area (Å²) in [4.78, 5) is 6.59. The minimum Gasteiger partial charge on any atom is -0.490 e. The van der Waals surface area contributed by atoms with Crippen LogP contribution in [0, 0.1) is 0 Å². The highest BCUT2D eigenvalue weighted by atomic mass is 35.5. The van der Waals surface area contributed by atoms with Crippen LogP contribution in [0.3, 0.4) is 0 Å². The zero-order chi connectivity index (χ0) is 18.4. The Hall–Kier alpha value is -1.21. The van der Waals surface area contributed by atoms with Gasteiger partial charge in [0.05, 0.1) is 24.3 Å². The van der Waals surface area contributed by atoms with Gasteiger partial charge in [0, 0.05) is 26.7 Å². The first-order chi connectivity index (χ1) is 12.7. The smallest absolute Gasteiger partial charge is 0.193 e. The Labute approximate surface area is 164 Å². The molecule has 0 aromatic heterocycles. The van der Waals surface area contributed by atoms with Gasteiger partial charge in [0.15, 0.2) is 5.96 Å². The number of morpholine rings is 1. The van der Waals surface area contributed by atoms with Crippen LogP contribution in [0.25, 0.3) is 0 Å². The molecule has 0 aliphatic carbocycles. The van der Waals surface area contributed by atoms with Gasteiger partial charge in [0.25, 0.3) is 0 Å². The van der Waals surface area contributed by atoms with Crippen LogP contribution in [0.4, 0.5) is 0 Å². The molecule has 2 atom stereocenters. The van der Waals surface area contributed by atoms with Gasteiger partial charge in [-0.3, -0.25) is 4.99 Å². The van der Waals surface area contributed by atoms with Crippen molar-refractivity contribution in [2.24, 2.45) is 4.99 Å². The molecule has 0 amide bonds. The van der Waals surface area contributed by atoms with Crippen molar-refractivity contribution in [3.05, 3.63) is 28.2 Å². The van der Waals surface area contributed by atoms with E-state index in [0.29, 0.717) is 35.6 Å². The molecular formula is C18H25Cl2N3O3. The third-order valence-electron chi connectivity index (χ3n) is 4.54. The third kappa shape index (κ3) is 4.94. The quantitative estimate of drug-likeness (QED) is 0.467. The van der Waals surface area contributed by atoms with Crippen molar-refractivity contribution in [1.82, 2.24) is 10.2 Å². The van der Waals surface area contributed by atoms with Crippen molar-refractivity contribution in [2.75, 3.05) is 46.5 Å². The summed E-state index contributed by atoms with van der Waals surface area (Å²) in [5.74, 6) is 1.43. The molecule has 3 rings (SSSR count). The van der Waals surface area contributed by atoms with Crippen molar-refractivity contribution >= 4 is 29.2 Å². The number of nitrogens with one attached hydrogen (secondary N) is 1. The van der Waals surface area contributed by atoms with Crippen LogP contribution in [0.15, 0.2) is 23.2 Å². The lowest BCUT2D eigenvalue weighted by atomic mass is 10.1.